The molecule has 0 aliphatic rings. The first-order chi connectivity index (χ1) is 13.8. The summed E-state index contributed by atoms with van der Waals surface area (Å²) in [6, 6.07) is 15.0. The summed E-state index contributed by atoms with van der Waals surface area (Å²) in [6.07, 6.45) is 1.37. The molecule has 0 atom stereocenters. The van der Waals surface area contributed by atoms with Crippen LogP contribution in [0.3, 0.4) is 0 Å². The van der Waals surface area contributed by atoms with E-state index in [1.54, 1.807) is 6.07 Å². The molecule has 9 heteroatoms. The van der Waals surface area contributed by atoms with Gasteiger partial charge in [0.05, 0.1) is 22.6 Å². The van der Waals surface area contributed by atoms with E-state index in [9.17, 15) is 18.5 Å². The Labute approximate surface area is 168 Å². The SMILES string of the molecule is CCOc1ccc2ccccc2c1/C=N\NS(=O)(=O)c1ccc(C)c([N+](=O)[O-])c1. The van der Waals surface area contributed by atoms with Crippen LogP contribution in [0, 0.1) is 17.0 Å². The van der Waals surface area contributed by atoms with Crippen LogP contribution in [0.1, 0.15) is 18.1 Å². The minimum atomic E-state index is -4.07. The number of rotatable bonds is 7. The largest absolute Gasteiger partial charge is 0.493 e. The fourth-order valence-electron chi connectivity index (χ4n) is 2.86. The molecule has 0 saturated carbocycles. The van der Waals surface area contributed by atoms with E-state index in [0.717, 1.165) is 16.8 Å². The lowest BCUT2D eigenvalue weighted by Gasteiger charge is -2.10. The predicted molar refractivity (Wildman–Crippen MR) is 111 cm³/mol. The van der Waals surface area contributed by atoms with Gasteiger partial charge in [-0.1, -0.05) is 36.4 Å². The number of aryl methyl sites for hydroxylation is 1. The number of hydrogen-bond donors (Lipinski definition) is 1. The summed E-state index contributed by atoms with van der Waals surface area (Å²) in [5, 5.41) is 16.7. The van der Waals surface area contributed by atoms with Crippen LogP contribution in [0.5, 0.6) is 5.75 Å². The van der Waals surface area contributed by atoms with E-state index in [1.165, 1.54) is 25.3 Å². The van der Waals surface area contributed by atoms with Gasteiger partial charge < -0.3 is 4.74 Å². The number of hydrazone groups is 1. The fraction of sp³-hybridized carbons (Fsp3) is 0.150. The molecule has 0 bridgehead atoms. The molecule has 0 aliphatic heterocycles. The second-order valence-corrected chi connectivity index (χ2v) is 7.85. The monoisotopic (exact) mass is 413 g/mol. The van der Waals surface area contributed by atoms with Gasteiger partial charge in [-0.25, -0.2) is 4.83 Å². The Kier molecular flexibility index (Phi) is 5.79. The van der Waals surface area contributed by atoms with E-state index >= 15 is 0 Å². The normalized spacial score (nSPS) is 11.7. The van der Waals surface area contributed by atoms with Crippen molar-refractivity contribution in [1.82, 2.24) is 4.83 Å². The Morgan fingerprint density at radius 2 is 1.93 bits per heavy atom. The maximum Gasteiger partial charge on any atom is 0.276 e. The molecule has 0 saturated heterocycles. The van der Waals surface area contributed by atoms with Crippen molar-refractivity contribution in [3.05, 3.63) is 75.8 Å². The minimum Gasteiger partial charge on any atom is -0.493 e. The van der Waals surface area contributed by atoms with E-state index < -0.39 is 14.9 Å². The molecule has 3 aromatic carbocycles. The molecule has 0 fully saturated rings. The molecule has 0 aliphatic carbocycles. The number of benzene rings is 3. The smallest absolute Gasteiger partial charge is 0.276 e. The number of hydrogen-bond acceptors (Lipinski definition) is 6. The number of nitro benzene ring substituents is 1. The van der Waals surface area contributed by atoms with Gasteiger partial charge in [0.25, 0.3) is 15.7 Å². The fourth-order valence-corrected chi connectivity index (χ4v) is 3.67. The predicted octanol–water partition coefficient (Wildman–Crippen LogP) is 3.77. The maximum absolute atomic E-state index is 12.5. The molecule has 150 valence electrons. The Bertz CT molecular complexity index is 1210. The van der Waals surface area contributed by atoms with Gasteiger partial charge in [-0.15, -0.1) is 0 Å². The van der Waals surface area contributed by atoms with E-state index in [1.807, 2.05) is 37.3 Å². The van der Waals surface area contributed by atoms with Gasteiger partial charge in [0.15, 0.2) is 0 Å². The molecular formula is C20H19N3O5S. The molecule has 1 N–H and O–H groups in total. The van der Waals surface area contributed by atoms with Crippen LogP contribution in [-0.4, -0.2) is 26.2 Å². The average molecular weight is 413 g/mol. The number of nitrogens with one attached hydrogen (secondary N) is 1. The Hall–Kier alpha value is -3.46. The molecule has 0 aromatic heterocycles. The van der Waals surface area contributed by atoms with Crippen molar-refractivity contribution in [2.75, 3.05) is 6.61 Å². The van der Waals surface area contributed by atoms with E-state index in [-0.39, 0.29) is 10.6 Å². The Morgan fingerprint density at radius 1 is 1.17 bits per heavy atom. The van der Waals surface area contributed by atoms with Gasteiger partial charge in [0, 0.05) is 17.2 Å². The molecule has 0 heterocycles. The maximum atomic E-state index is 12.5. The molecule has 8 nitrogen and oxygen atoms in total. The molecule has 0 radical (unpaired) electrons. The summed E-state index contributed by atoms with van der Waals surface area (Å²) >= 11 is 0. The van der Waals surface area contributed by atoms with Crippen molar-refractivity contribution in [2.45, 2.75) is 18.7 Å². The van der Waals surface area contributed by atoms with Crippen LogP contribution in [0.15, 0.2) is 64.6 Å². The zero-order valence-electron chi connectivity index (χ0n) is 15.8. The lowest BCUT2D eigenvalue weighted by Crippen LogP contribution is -2.18. The van der Waals surface area contributed by atoms with Crippen LogP contribution in [0.4, 0.5) is 5.69 Å². The van der Waals surface area contributed by atoms with Crippen molar-refractivity contribution in [3.8, 4) is 5.75 Å². The highest BCUT2D eigenvalue weighted by atomic mass is 32.2. The van der Waals surface area contributed by atoms with Gasteiger partial charge in [-0.2, -0.15) is 13.5 Å². The van der Waals surface area contributed by atoms with Crippen molar-refractivity contribution >= 4 is 32.7 Å². The van der Waals surface area contributed by atoms with Crippen molar-refractivity contribution < 1.29 is 18.1 Å². The molecule has 3 rings (SSSR count). The van der Waals surface area contributed by atoms with Crippen LogP contribution in [-0.2, 0) is 10.0 Å². The van der Waals surface area contributed by atoms with E-state index in [0.29, 0.717) is 23.5 Å². The summed E-state index contributed by atoms with van der Waals surface area (Å²) in [5.74, 6) is 0.570. The molecule has 0 spiro atoms. The minimum absolute atomic E-state index is 0.241. The highest BCUT2D eigenvalue weighted by Gasteiger charge is 2.19. The highest BCUT2D eigenvalue weighted by molar-refractivity contribution is 7.89. The summed E-state index contributed by atoms with van der Waals surface area (Å²) in [7, 11) is -4.07. The standard InChI is InChI=1S/C20H19N3O5S/c1-3-28-20-11-9-15-6-4-5-7-17(15)18(20)13-21-22-29(26,27)16-10-8-14(2)19(12-16)23(24)25/h4-13,22H,3H2,1-2H3/b21-13-. The topological polar surface area (TPSA) is 111 Å². The summed E-state index contributed by atoms with van der Waals surface area (Å²) in [5.41, 5.74) is 0.724. The third-order valence-corrected chi connectivity index (χ3v) is 5.50. The first-order valence-electron chi connectivity index (χ1n) is 8.78. The van der Waals surface area contributed by atoms with Crippen LogP contribution >= 0.6 is 0 Å². The number of sulfonamides is 1. The van der Waals surface area contributed by atoms with Crippen LogP contribution in [0.2, 0.25) is 0 Å². The van der Waals surface area contributed by atoms with Crippen molar-refractivity contribution in [2.24, 2.45) is 5.10 Å². The zero-order chi connectivity index (χ0) is 21.0. The third-order valence-electron chi connectivity index (χ3n) is 4.28. The van der Waals surface area contributed by atoms with Crippen LogP contribution in [0.25, 0.3) is 10.8 Å². The van der Waals surface area contributed by atoms with Gasteiger partial charge >= 0.3 is 0 Å². The first kappa shape index (κ1) is 20.3. The van der Waals surface area contributed by atoms with Gasteiger partial charge in [-0.3, -0.25) is 10.1 Å². The molecule has 3 aromatic rings. The van der Waals surface area contributed by atoms with Gasteiger partial charge in [-0.05, 0) is 36.8 Å². The lowest BCUT2D eigenvalue weighted by atomic mass is 10.0. The van der Waals surface area contributed by atoms with E-state index in [4.69, 9.17) is 4.74 Å². The number of nitro groups is 1. The summed E-state index contributed by atoms with van der Waals surface area (Å²) in [6.45, 7) is 3.83. The quantitative estimate of drug-likeness (QED) is 0.360. The summed E-state index contributed by atoms with van der Waals surface area (Å²) < 4.78 is 30.6. The van der Waals surface area contributed by atoms with Crippen molar-refractivity contribution in [3.63, 3.8) is 0 Å². The molecular weight excluding hydrogens is 394 g/mol. The molecule has 0 unspecified atom stereocenters. The summed E-state index contributed by atoms with van der Waals surface area (Å²) in [4.78, 5) is 12.3. The lowest BCUT2D eigenvalue weighted by molar-refractivity contribution is -0.385. The number of nitrogens with zero attached hydrogens (tertiary/aromatic N) is 2. The van der Waals surface area contributed by atoms with Gasteiger partial charge in [0.1, 0.15) is 5.75 Å². The number of fused-ring (bicyclic) bond motifs is 1. The average Bonchev–Trinajstić information content (AvgIpc) is 2.69. The number of ether oxygens (including phenoxy) is 1. The van der Waals surface area contributed by atoms with Crippen LogP contribution < -0.4 is 9.57 Å². The second kappa shape index (κ2) is 8.27. The molecule has 29 heavy (non-hydrogen) atoms. The molecule has 0 amide bonds. The first-order valence-corrected chi connectivity index (χ1v) is 10.3. The third kappa shape index (κ3) is 4.35. The van der Waals surface area contributed by atoms with Crippen molar-refractivity contribution in [1.29, 1.82) is 0 Å². The zero-order valence-corrected chi connectivity index (χ0v) is 16.6. The second-order valence-electron chi connectivity index (χ2n) is 6.19. The van der Waals surface area contributed by atoms with Gasteiger partial charge in [0.2, 0.25) is 0 Å². The Balaban J connectivity index is 1.94. The van der Waals surface area contributed by atoms with E-state index in [2.05, 4.69) is 9.93 Å². The Morgan fingerprint density at radius 3 is 2.66 bits per heavy atom. The highest BCUT2D eigenvalue weighted by Crippen LogP contribution is 2.27.